The summed E-state index contributed by atoms with van der Waals surface area (Å²) in [7, 11) is 0. The van der Waals surface area contributed by atoms with E-state index in [-0.39, 0.29) is 12.5 Å². The van der Waals surface area contributed by atoms with Gasteiger partial charge in [0, 0.05) is 13.0 Å². The highest BCUT2D eigenvalue weighted by Gasteiger charge is 2.13. The predicted molar refractivity (Wildman–Crippen MR) is 56.6 cm³/mol. The molecular formula is C10H17N3O3. The van der Waals surface area contributed by atoms with Gasteiger partial charge >= 0.3 is 0 Å². The van der Waals surface area contributed by atoms with Gasteiger partial charge in [-0.15, -0.1) is 10.2 Å². The van der Waals surface area contributed by atoms with Gasteiger partial charge in [0.15, 0.2) is 0 Å². The van der Waals surface area contributed by atoms with Crippen molar-refractivity contribution in [2.75, 3.05) is 6.61 Å². The van der Waals surface area contributed by atoms with E-state index in [1.54, 1.807) is 6.92 Å². The summed E-state index contributed by atoms with van der Waals surface area (Å²) in [6.07, 6.45) is 0.231. The third-order valence-electron chi connectivity index (χ3n) is 2.01. The van der Waals surface area contributed by atoms with Crippen LogP contribution in [0.5, 0.6) is 0 Å². The Kier molecular flexibility index (Phi) is 4.91. The molecule has 1 aromatic rings. The lowest BCUT2D eigenvalue weighted by atomic mass is 10.4. The Balaban J connectivity index is 2.36. The number of hydrogen-bond donors (Lipinski definition) is 1. The second kappa shape index (κ2) is 6.22. The molecule has 6 nitrogen and oxygen atoms in total. The number of nitrogens with one attached hydrogen (secondary N) is 1. The van der Waals surface area contributed by atoms with Crippen LogP contribution < -0.4 is 5.32 Å². The van der Waals surface area contributed by atoms with Gasteiger partial charge in [0.25, 0.3) is 0 Å². The average molecular weight is 227 g/mol. The summed E-state index contributed by atoms with van der Waals surface area (Å²) in [5.74, 6) is 0.800. The fraction of sp³-hybridized carbons (Fsp3) is 0.700. The lowest BCUT2D eigenvalue weighted by Gasteiger charge is -2.10. The number of carbonyl (C=O) groups is 1. The van der Waals surface area contributed by atoms with Crippen molar-refractivity contribution in [2.45, 2.75) is 39.8 Å². The first-order valence-electron chi connectivity index (χ1n) is 5.37. The number of aromatic nitrogens is 2. The molecule has 0 bridgehead atoms. The summed E-state index contributed by atoms with van der Waals surface area (Å²) in [6.45, 7) is 6.21. The van der Waals surface area contributed by atoms with E-state index in [0.717, 1.165) is 0 Å². The number of nitrogens with zero attached hydrogens (tertiary/aromatic N) is 2. The Hall–Kier alpha value is -1.43. The monoisotopic (exact) mass is 227 g/mol. The molecule has 0 aromatic carbocycles. The molecule has 6 heteroatoms. The average Bonchev–Trinajstić information content (AvgIpc) is 2.74. The lowest BCUT2D eigenvalue weighted by Crippen LogP contribution is -2.34. The van der Waals surface area contributed by atoms with E-state index >= 15 is 0 Å². The number of rotatable bonds is 6. The molecule has 1 rings (SSSR count). The van der Waals surface area contributed by atoms with Crippen LogP contribution in [0.15, 0.2) is 4.42 Å². The molecule has 1 N–H and O–H groups in total. The molecular weight excluding hydrogens is 210 g/mol. The van der Waals surface area contributed by atoms with Crippen molar-refractivity contribution in [2.24, 2.45) is 0 Å². The van der Waals surface area contributed by atoms with Crippen LogP contribution in [0.25, 0.3) is 0 Å². The molecule has 0 aliphatic carbocycles. The van der Waals surface area contributed by atoms with Gasteiger partial charge in [0.1, 0.15) is 6.10 Å². The third-order valence-corrected chi connectivity index (χ3v) is 2.01. The topological polar surface area (TPSA) is 77.2 Å². The van der Waals surface area contributed by atoms with Gasteiger partial charge < -0.3 is 14.5 Å². The maximum atomic E-state index is 11.5. The van der Waals surface area contributed by atoms with Gasteiger partial charge in [-0.2, -0.15) is 0 Å². The fourth-order valence-electron chi connectivity index (χ4n) is 1.13. The van der Waals surface area contributed by atoms with Crippen molar-refractivity contribution >= 4 is 5.91 Å². The molecule has 0 fully saturated rings. The predicted octanol–water partition coefficient (Wildman–Crippen LogP) is 0.673. The molecule has 90 valence electrons. The number of hydrogen-bond acceptors (Lipinski definition) is 5. The van der Waals surface area contributed by atoms with Gasteiger partial charge in [-0.25, -0.2) is 0 Å². The molecule has 0 spiro atoms. The van der Waals surface area contributed by atoms with Crippen LogP contribution in [0.2, 0.25) is 0 Å². The molecule has 1 heterocycles. The minimum atomic E-state index is -0.460. The van der Waals surface area contributed by atoms with Crippen molar-refractivity contribution in [3.05, 3.63) is 11.8 Å². The summed E-state index contributed by atoms with van der Waals surface area (Å²) < 4.78 is 10.4. The lowest BCUT2D eigenvalue weighted by molar-refractivity contribution is -0.131. The molecule has 0 radical (unpaired) electrons. The Labute approximate surface area is 94.4 Å². The van der Waals surface area contributed by atoms with E-state index in [0.29, 0.717) is 24.8 Å². The van der Waals surface area contributed by atoms with E-state index in [9.17, 15) is 4.79 Å². The SMILES string of the molecule is CCO[C@@H](C)C(=O)NCc1nnc(CC)o1. The van der Waals surface area contributed by atoms with Crippen LogP contribution in [0, 0.1) is 0 Å². The highest BCUT2D eigenvalue weighted by atomic mass is 16.5. The fourth-order valence-corrected chi connectivity index (χ4v) is 1.13. The normalized spacial score (nSPS) is 12.4. The van der Waals surface area contributed by atoms with Gasteiger partial charge in [-0.3, -0.25) is 4.79 Å². The summed E-state index contributed by atoms with van der Waals surface area (Å²) in [6, 6.07) is 0. The standard InChI is InChI=1S/C10H17N3O3/c1-4-8-12-13-9(16-8)6-11-10(14)7(3)15-5-2/h7H,4-6H2,1-3H3,(H,11,14)/t7-/m0/s1. The minimum Gasteiger partial charge on any atom is -0.423 e. The first-order chi connectivity index (χ1) is 7.67. The van der Waals surface area contributed by atoms with Gasteiger partial charge in [-0.05, 0) is 13.8 Å². The van der Waals surface area contributed by atoms with Crippen LogP contribution in [0.3, 0.4) is 0 Å². The third kappa shape index (κ3) is 3.62. The quantitative estimate of drug-likeness (QED) is 0.773. The minimum absolute atomic E-state index is 0.182. The smallest absolute Gasteiger partial charge is 0.249 e. The second-order valence-electron chi connectivity index (χ2n) is 3.26. The first-order valence-corrected chi connectivity index (χ1v) is 5.37. The maximum Gasteiger partial charge on any atom is 0.249 e. The van der Waals surface area contributed by atoms with Gasteiger partial charge in [0.2, 0.25) is 17.7 Å². The first kappa shape index (κ1) is 12.6. The van der Waals surface area contributed by atoms with E-state index in [1.807, 2.05) is 13.8 Å². The molecule has 0 aliphatic rings. The second-order valence-corrected chi connectivity index (χ2v) is 3.26. The summed E-state index contributed by atoms with van der Waals surface area (Å²) >= 11 is 0. The summed E-state index contributed by atoms with van der Waals surface area (Å²) in [5.41, 5.74) is 0. The van der Waals surface area contributed by atoms with Crippen molar-refractivity contribution in [3.8, 4) is 0 Å². The molecule has 16 heavy (non-hydrogen) atoms. The van der Waals surface area contributed by atoms with E-state index in [4.69, 9.17) is 9.15 Å². The molecule has 0 aliphatic heterocycles. The Morgan fingerprint density at radius 2 is 2.12 bits per heavy atom. The number of ether oxygens (including phenoxy) is 1. The van der Waals surface area contributed by atoms with Crippen LogP contribution in [-0.2, 0) is 22.5 Å². The van der Waals surface area contributed by atoms with Crippen molar-refractivity contribution < 1.29 is 13.9 Å². The van der Waals surface area contributed by atoms with Gasteiger partial charge in [0.05, 0.1) is 6.54 Å². The zero-order valence-electron chi connectivity index (χ0n) is 9.82. The largest absolute Gasteiger partial charge is 0.423 e. The summed E-state index contributed by atoms with van der Waals surface area (Å²) in [4.78, 5) is 11.5. The molecule has 0 saturated heterocycles. The Bertz CT molecular complexity index is 338. The molecule has 0 saturated carbocycles. The van der Waals surface area contributed by atoms with Crippen LogP contribution in [0.1, 0.15) is 32.6 Å². The highest BCUT2D eigenvalue weighted by molar-refractivity contribution is 5.80. The molecule has 1 amide bonds. The molecule has 1 atom stereocenters. The molecule has 1 aromatic heterocycles. The zero-order valence-corrected chi connectivity index (χ0v) is 9.82. The highest BCUT2D eigenvalue weighted by Crippen LogP contribution is 2.00. The Morgan fingerprint density at radius 3 is 2.69 bits per heavy atom. The summed E-state index contributed by atoms with van der Waals surface area (Å²) in [5, 5.41) is 10.2. The van der Waals surface area contributed by atoms with Crippen LogP contribution >= 0.6 is 0 Å². The number of aryl methyl sites for hydroxylation is 1. The van der Waals surface area contributed by atoms with E-state index in [2.05, 4.69) is 15.5 Å². The zero-order chi connectivity index (χ0) is 12.0. The van der Waals surface area contributed by atoms with E-state index in [1.165, 1.54) is 0 Å². The van der Waals surface area contributed by atoms with Crippen molar-refractivity contribution in [1.29, 1.82) is 0 Å². The van der Waals surface area contributed by atoms with Crippen molar-refractivity contribution in [1.82, 2.24) is 15.5 Å². The maximum absolute atomic E-state index is 11.5. The number of carbonyl (C=O) groups excluding carboxylic acids is 1. The Morgan fingerprint density at radius 1 is 1.44 bits per heavy atom. The van der Waals surface area contributed by atoms with Gasteiger partial charge in [-0.1, -0.05) is 6.92 Å². The number of amides is 1. The van der Waals surface area contributed by atoms with Crippen LogP contribution in [0.4, 0.5) is 0 Å². The van der Waals surface area contributed by atoms with Crippen molar-refractivity contribution in [3.63, 3.8) is 0 Å². The molecule has 0 unspecified atom stereocenters. The van der Waals surface area contributed by atoms with Crippen LogP contribution in [-0.4, -0.2) is 28.8 Å². The van der Waals surface area contributed by atoms with E-state index < -0.39 is 6.10 Å².